The molecule has 7 heteroatoms. The second-order valence-corrected chi connectivity index (χ2v) is 6.90. The zero-order valence-corrected chi connectivity index (χ0v) is 13.4. The van der Waals surface area contributed by atoms with E-state index in [9.17, 15) is 4.79 Å². The van der Waals surface area contributed by atoms with Crippen molar-refractivity contribution in [3.8, 4) is 11.3 Å². The molecule has 4 heterocycles. The molecule has 5 nitrogen and oxygen atoms in total. The number of nitrogens with one attached hydrogen (secondary N) is 2. The molecular weight excluding hydrogens is 320 g/mol. The summed E-state index contributed by atoms with van der Waals surface area (Å²) in [5.74, 6) is 0.0881. The summed E-state index contributed by atoms with van der Waals surface area (Å²) >= 11 is 7.48. The minimum Gasteiger partial charge on any atom is -0.345 e. The number of rotatable bonds is 2. The van der Waals surface area contributed by atoms with Crippen LogP contribution in [-0.2, 0) is 10.3 Å². The van der Waals surface area contributed by atoms with E-state index in [2.05, 4.69) is 15.3 Å². The van der Waals surface area contributed by atoms with E-state index in [-0.39, 0.29) is 11.4 Å². The number of aromatic nitrogens is 3. The monoisotopic (exact) mass is 332 g/mol. The highest BCUT2D eigenvalue weighted by atomic mass is 35.5. The number of fused-ring (bicyclic) bond motifs is 1. The van der Waals surface area contributed by atoms with Crippen LogP contribution in [0.2, 0.25) is 5.15 Å². The number of amides is 1. The van der Waals surface area contributed by atoms with Crippen LogP contribution in [0.1, 0.15) is 24.8 Å². The van der Waals surface area contributed by atoms with Crippen LogP contribution in [0, 0.1) is 0 Å². The minimum atomic E-state index is -0.354. The number of carbonyl (C=O) groups excluding carboxylic acids is 1. The molecule has 0 saturated carbocycles. The first-order valence-corrected chi connectivity index (χ1v) is 8.22. The maximum Gasteiger partial charge on any atom is 0.220 e. The number of aromatic amines is 1. The van der Waals surface area contributed by atoms with Crippen LogP contribution in [0.15, 0.2) is 23.7 Å². The molecule has 2 N–H and O–H groups in total. The van der Waals surface area contributed by atoms with Crippen LogP contribution >= 0.6 is 22.9 Å². The van der Waals surface area contributed by atoms with Gasteiger partial charge in [0.2, 0.25) is 5.91 Å². The fraction of sp³-hybridized carbons (Fsp3) is 0.267. The topological polar surface area (TPSA) is 70.7 Å². The lowest BCUT2D eigenvalue weighted by Gasteiger charge is -2.20. The van der Waals surface area contributed by atoms with Gasteiger partial charge in [-0.2, -0.15) is 0 Å². The molecule has 1 amide bonds. The minimum absolute atomic E-state index is 0.0881. The van der Waals surface area contributed by atoms with Crippen LogP contribution in [0.3, 0.4) is 0 Å². The summed E-state index contributed by atoms with van der Waals surface area (Å²) < 4.78 is 0. The van der Waals surface area contributed by atoms with Gasteiger partial charge >= 0.3 is 0 Å². The summed E-state index contributed by atoms with van der Waals surface area (Å²) in [5, 5.41) is 7.42. The second-order valence-electron chi connectivity index (χ2n) is 5.65. The molecule has 0 bridgehead atoms. The third-order valence-electron chi connectivity index (χ3n) is 4.02. The van der Waals surface area contributed by atoms with Gasteiger partial charge in [-0.1, -0.05) is 11.6 Å². The quantitative estimate of drug-likeness (QED) is 0.706. The Morgan fingerprint density at radius 3 is 3.00 bits per heavy atom. The number of thiazole rings is 1. The fourth-order valence-electron chi connectivity index (χ4n) is 2.80. The Labute approximate surface area is 135 Å². The normalized spacial score (nSPS) is 21.5. The lowest BCUT2D eigenvalue weighted by molar-refractivity contribution is -0.119. The van der Waals surface area contributed by atoms with E-state index < -0.39 is 0 Å². The third-order valence-corrected chi connectivity index (χ3v) is 5.34. The average Bonchev–Trinajstić information content (AvgIpc) is 3.17. The van der Waals surface area contributed by atoms with E-state index in [1.807, 2.05) is 24.6 Å². The van der Waals surface area contributed by atoms with Gasteiger partial charge in [-0.3, -0.25) is 4.79 Å². The summed E-state index contributed by atoms with van der Waals surface area (Å²) in [6.45, 7) is 2.02. The molecule has 1 aliphatic heterocycles. The van der Waals surface area contributed by atoms with Crippen molar-refractivity contribution in [3.05, 3.63) is 33.9 Å². The van der Waals surface area contributed by atoms with E-state index in [4.69, 9.17) is 16.6 Å². The molecule has 1 aliphatic rings. The number of nitrogens with zero attached hydrogens (tertiary/aromatic N) is 2. The van der Waals surface area contributed by atoms with E-state index in [1.165, 1.54) is 0 Å². The molecule has 0 radical (unpaired) electrons. The molecule has 0 aromatic carbocycles. The zero-order valence-electron chi connectivity index (χ0n) is 11.8. The predicted octanol–water partition coefficient (Wildman–Crippen LogP) is 3.47. The second kappa shape index (κ2) is 4.79. The van der Waals surface area contributed by atoms with Crippen molar-refractivity contribution in [2.75, 3.05) is 0 Å². The molecule has 22 heavy (non-hydrogen) atoms. The Morgan fingerprint density at radius 1 is 1.36 bits per heavy atom. The first-order chi connectivity index (χ1) is 10.5. The van der Waals surface area contributed by atoms with Crippen LogP contribution in [-0.4, -0.2) is 20.9 Å². The lowest BCUT2D eigenvalue weighted by atomic mass is 10.0. The van der Waals surface area contributed by atoms with Crippen molar-refractivity contribution in [2.45, 2.75) is 25.3 Å². The molecule has 0 aliphatic carbocycles. The van der Waals surface area contributed by atoms with Gasteiger partial charge in [0.25, 0.3) is 0 Å². The van der Waals surface area contributed by atoms with Crippen molar-refractivity contribution < 1.29 is 4.79 Å². The number of halogens is 1. The van der Waals surface area contributed by atoms with E-state index >= 15 is 0 Å². The lowest BCUT2D eigenvalue weighted by Crippen LogP contribution is -2.35. The van der Waals surface area contributed by atoms with Crippen molar-refractivity contribution in [1.82, 2.24) is 20.3 Å². The smallest absolute Gasteiger partial charge is 0.220 e. The van der Waals surface area contributed by atoms with Gasteiger partial charge < -0.3 is 10.3 Å². The van der Waals surface area contributed by atoms with Crippen molar-refractivity contribution in [3.63, 3.8) is 0 Å². The number of hydrogen-bond acceptors (Lipinski definition) is 4. The summed E-state index contributed by atoms with van der Waals surface area (Å²) in [6, 6.07) is 3.71. The SMILES string of the molecule is CC1(c2nc(-c3c[nH]c4nc(Cl)ccc34)cs2)CCC(=O)N1. The highest BCUT2D eigenvalue weighted by Gasteiger charge is 2.37. The maximum atomic E-state index is 11.5. The first-order valence-electron chi connectivity index (χ1n) is 6.96. The van der Waals surface area contributed by atoms with Crippen LogP contribution < -0.4 is 5.32 Å². The predicted molar refractivity (Wildman–Crippen MR) is 86.9 cm³/mol. The molecule has 0 spiro atoms. The highest BCUT2D eigenvalue weighted by molar-refractivity contribution is 7.10. The van der Waals surface area contributed by atoms with E-state index in [0.29, 0.717) is 11.6 Å². The summed E-state index contributed by atoms with van der Waals surface area (Å²) in [7, 11) is 0. The Hall–Kier alpha value is -1.92. The third kappa shape index (κ3) is 2.10. The largest absolute Gasteiger partial charge is 0.345 e. The fourth-order valence-corrected chi connectivity index (χ4v) is 3.92. The van der Waals surface area contributed by atoms with Crippen molar-refractivity contribution >= 4 is 39.9 Å². The molecule has 1 fully saturated rings. The molecule has 3 aromatic rings. The van der Waals surface area contributed by atoms with Gasteiger partial charge in [-0.15, -0.1) is 11.3 Å². The molecular formula is C15H13ClN4OS. The van der Waals surface area contributed by atoms with Gasteiger partial charge in [0, 0.05) is 28.9 Å². The molecule has 3 aromatic heterocycles. The Kier molecular flexibility index (Phi) is 2.99. The number of hydrogen-bond donors (Lipinski definition) is 2. The van der Waals surface area contributed by atoms with Crippen LogP contribution in [0.5, 0.6) is 0 Å². The van der Waals surface area contributed by atoms with Crippen LogP contribution in [0.25, 0.3) is 22.3 Å². The van der Waals surface area contributed by atoms with Gasteiger partial charge in [0.1, 0.15) is 15.8 Å². The van der Waals surface area contributed by atoms with Crippen molar-refractivity contribution in [1.29, 1.82) is 0 Å². The Morgan fingerprint density at radius 2 is 2.23 bits per heavy atom. The molecule has 4 rings (SSSR count). The number of carbonyl (C=O) groups is 1. The summed E-state index contributed by atoms with van der Waals surface area (Å²) in [4.78, 5) is 23.6. The number of H-pyrrole nitrogens is 1. The van der Waals surface area contributed by atoms with E-state index in [1.54, 1.807) is 17.4 Å². The molecule has 112 valence electrons. The zero-order chi connectivity index (χ0) is 15.3. The summed E-state index contributed by atoms with van der Waals surface area (Å²) in [5.41, 5.74) is 2.28. The first kappa shape index (κ1) is 13.7. The molecule has 1 atom stereocenters. The Balaban J connectivity index is 1.76. The standard InChI is InChI=1S/C15H13ClN4OS/c1-15(5-4-12(21)20-15)14-18-10(7-22-14)9-6-17-13-8(9)2-3-11(16)19-13/h2-3,6-7H,4-5H2,1H3,(H,17,19)(H,20,21). The van der Waals surface area contributed by atoms with Crippen molar-refractivity contribution in [2.24, 2.45) is 0 Å². The van der Waals surface area contributed by atoms with E-state index in [0.717, 1.165) is 33.7 Å². The van der Waals surface area contributed by atoms with Gasteiger partial charge in [0.15, 0.2) is 0 Å². The average molecular weight is 333 g/mol. The maximum absolute atomic E-state index is 11.5. The van der Waals surface area contributed by atoms with Gasteiger partial charge in [-0.05, 0) is 25.5 Å². The number of pyridine rings is 1. The Bertz CT molecular complexity index is 887. The highest BCUT2D eigenvalue weighted by Crippen LogP contribution is 2.36. The summed E-state index contributed by atoms with van der Waals surface area (Å²) in [6.07, 6.45) is 3.23. The molecule has 1 saturated heterocycles. The van der Waals surface area contributed by atoms with Crippen LogP contribution in [0.4, 0.5) is 0 Å². The molecule has 1 unspecified atom stereocenters. The van der Waals surface area contributed by atoms with Gasteiger partial charge in [0.05, 0.1) is 11.2 Å². The van der Waals surface area contributed by atoms with Gasteiger partial charge in [-0.25, -0.2) is 9.97 Å².